The topological polar surface area (TPSA) is 92.5 Å². The Labute approximate surface area is 122 Å². The Morgan fingerprint density at radius 3 is 2.30 bits per heavy atom. The molecule has 0 saturated carbocycles. The smallest absolute Gasteiger partial charge is 0.227 e. The number of sulfonamides is 1. The lowest BCUT2D eigenvalue weighted by atomic mass is 9.93. The lowest BCUT2D eigenvalue weighted by molar-refractivity contribution is -0.137. The number of likely N-dealkylation sites (tertiary alicyclic amines) is 1. The third-order valence-electron chi connectivity index (χ3n) is 3.91. The Morgan fingerprint density at radius 1 is 1.35 bits per heavy atom. The van der Waals surface area contributed by atoms with Crippen molar-refractivity contribution in [3.63, 3.8) is 0 Å². The van der Waals surface area contributed by atoms with Crippen LogP contribution in [0.3, 0.4) is 0 Å². The second-order valence-corrected chi connectivity index (χ2v) is 7.75. The maximum Gasteiger partial charge on any atom is 0.227 e. The van der Waals surface area contributed by atoms with Crippen LogP contribution < -0.4 is 10.5 Å². The Morgan fingerprint density at radius 2 is 1.90 bits per heavy atom. The molecule has 1 unspecified atom stereocenters. The summed E-state index contributed by atoms with van der Waals surface area (Å²) in [4.78, 5) is 14.1. The van der Waals surface area contributed by atoms with E-state index in [1.165, 1.54) is 0 Å². The van der Waals surface area contributed by atoms with E-state index in [1.807, 2.05) is 18.7 Å². The highest BCUT2D eigenvalue weighted by atomic mass is 32.2. The fourth-order valence-corrected chi connectivity index (χ4v) is 3.36. The van der Waals surface area contributed by atoms with Gasteiger partial charge in [0.1, 0.15) is 0 Å². The molecule has 0 radical (unpaired) electrons. The summed E-state index contributed by atoms with van der Waals surface area (Å²) in [6, 6.07) is -0.0561. The van der Waals surface area contributed by atoms with E-state index < -0.39 is 10.0 Å². The van der Waals surface area contributed by atoms with Crippen LogP contribution in [-0.4, -0.2) is 50.7 Å². The summed E-state index contributed by atoms with van der Waals surface area (Å²) in [5, 5.41) is 0. The summed E-state index contributed by atoms with van der Waals surface area (Å²) in [6.45, 7) is 7.17. The highest BCUT2D eigenvalue weighted by Gasteiger charge is 2.30. The molecule has 1 aliphatic heterocycles. The van der Waals surface area contributed by atoms with E-state index in [0.717, 1.165) is 0 Å². The molecule has 1 aliphatic rings. The first-order valence-corrected chi connectivity index (χ1v) is 8.94. The molecule has 1 amide bonds. The molecule has 1 fully saturated rings. The molecule has 7 heteroatoms. The monoisotopic (exact) mass is 305 g/mol. The number of piperidine rings is 1. The first-order valence-electron chi connectivity index (χ1n) is 7.29. The maximum absolute atomic E-state index is 12.3. The standard InChI is InChI=1S/C13H27N3O3S/c1-4-20(18,19)15-11-5-7-16(8-6-11)13(17)12(9-14)10(2)3/h10-12,15H,4-9,14H2,1-3H3. The van der Waals surface area contributed by atoms with Crippen LogP contribution in [0.4, 0.5) is 0 Å². The van der Waals surface area contributed by atoms with Crippen molar-refractivity contribution in [1.82, 2.24) is 9.62 Å². The molecule has 0 aliphatic carbocycles. The van der Waals surface area contributed by atoms with E-state index in [2.05, 4.69) is 4.72 Å². The van der Waals surface area contributed by atoms with Crippen LogP contribution in [0.5, 0.6) is 0 Å². The number of carbonyl (C=O) groups excluding carboxylic acids is 1. The van der Waals surface area contributed by atoms with E-state index >= 15 is 0 Å². The Balaban J connectivity index is 2.52. The van der Waals surface area contributed by atoms with E-state index in [0.29, 0.717) is 32.5 Å². The molecule has 0 aromatic rings. The van der Waals surface area contributed by atoms with Gasteiger partial charge in [-0.2, -0.15) is 0 Å². The molecule has 1 atom stereocenters. The first-order chi connectivity index (χ1) is 9.30. The highest BCUT2D eigenvalue weighted by Crippen LogP contribution is 2.18. The van der Waals surface area contributed by atoms with Crippen LogP contribution >= 0.6 is 0 Å². The fourth-order valence-electron chi connectivity index (χ4n) is 2.45. The van der Waals surface area contributed by atoms with Crippen LogP contribution in [0, 0.1) is 11.8 Å². The Kier molecular flexibility index (Phi) is 6.42. The first kappa shape index (κ1) is 17.4. The largest absolute Gasteiger partial charge is 0.342 e. The molecular weight excluding hydrogens is 278 g/mol. The van der Waals surface area contributed by atoms with Crippen LogP contribution in [0.15, 0.2) is 0 Å². The predicted octanol–water partition coefficient (Wildman–Crippen LogP) is 0.148. The van der Waals surface area contributed by atoms with Crippen molar-refractivity contribution in [2.24, 2.45) is 17.6 Å². The molecule has 1 rings (SSSR count). The number of nitrogens with zero attached hydrogens (tertiary/aromatic N) is 1. The lowest BCUT2D eigenvalue weighted by Gasteiger charge is -2.35. The van der Waals surface area contributed by atoms with Gasteiger partial charge in [0.15, 0.2) is 0 Å². The summed E-state index contributed by atoms with van der Waals surface area (Å²) in [5.41, 5.74) is 5.67. The lowest BCUT2D eigenvalue weighted by Crippen LogP contribution is -2.49. The van der Waals surface area contributed by atoms with Gasteiger partial charge in [-0.15, -0.1) is 0 Å². The van der Waals surface area contributed by atoms with Crippen LogP contribution in [0.2, 0.25) is 0 Å². The van der Waals surface area contributed by atoms with Crippen molar-refractivity contribution >= 4 is 15.9 Å². The van der Waals surface area contributed by atoms with Gasteiger partial charge in [0.25, 0.3) is 0 Å². The van der Waals surface area contributed by atoms with Gasteiger partial charge in [-0.05, 0) is 25.7 Å². The van der Waals surface area contributed by atoms with E-state index in [-0.39, 0.29) is 29.5 Å². The quantitative estimate of drug-likeness (QED) is 0.730. The zero-order chi connectivity index (χ0) is 15.3. The second kappa shape index (κ2) is 7.38. The van der Waals surface area contributed by atoms with Crippen LogP contribution in [0.1, 0.15) is 33.6 Å². The number of hydrogen-bond donors (Lipinski definition) is 2. The Hall–Kier alpha value is -0.660. The van der Waals surface area contributed by atoms with Crippen molar-refractivity contribution in [1.29, 1.82) is 0 Å². The number of nitrogens with two attached hydrogens (primary N) is 1. The van der Waals surface area contributed by atoms with E-state index in [4.69, 9.17) is 5.73 Å². The van der Waals surface area contributed by atoms with Gasteiger partial charge in [0.05, 0.1) is 11.7 Å². The summed E-state index contributed by atoms with van der Waals surface area (Å²) >= 11 is 0. The molecule has 0 bridgehead atoms. The van der Waals surface area contributed by atoms with Crippen molar-refractivity contribution in [2.75, 3.05) is 25.4 Å². The summed E-state index contributed by atoms with van der Waals surface area (Å²) in [5.74, 6) is 0.274. The molecule has 0 aromatic carbocycles. The van der Waals surface area contributed by atoms with Gasteiger partial charge in [0, 0.05) is 25.7 Å². The SMILES string of the molecule is CCS(=O)(=O)NC1CCN(C(=O)C(CN)C(C)C)CC1. The van der Waals surface area contributed by atoms with Gasteiger partial charge < -0.3 is 10.6 Å². The molecule has 20 heavy (non-hydrogen) atoms. The summed E-state index contributed by atoms with van der Waals surface area (Å²) in [7, 11) is -3.16. The average Bonchev–Trinajstić information content (AvgIpc) is 2.39. The number of rotatable bonds is 6. The molecule has 0 spiro atoms. The molecule has 1 saturated heterocycles. The molecule has 6 nitrogen and oxygen atoms in total. The average molecular weight is 305 g/mol. The van der Waals surface area contributed by atoms with Gasteiger partial charge >= 0.3 is 0 Å². The minimum Gasteiger partial charge on any atom is -0.342 e. The van der Waals surface area contributed by atoms with Crippen molar-refractivity contribution in [3.8, 4) is 0 Å². The zero-order valence-electron chi connectivity index (χ0n) is 12.6. The van der Waals surface area contributed by atoms with Gasteiger partial charge in [-0.1, -0.05) is 13.8 Å². The minimum absolute atomic E-state index is 0.0561. The van der Waals surface area contributed by atoms with Crippen molar-refractivity contribution in [2.45, 2.75) is 39.7 Å². The second-order valence-electron chi connectivity index (χ2n) is 5.71. The third-order valence-corrected chi connectivity index (χ3v) is 5.36. The van der Waals surface area contributed by atoms with Crippen molar-refractivity contribution < 1.29 is 13.2 Å². The molecule has 118 valence electrons. The van der Waals surface area contributed by atoms with Gasteiger partial charge in [0.2, 0.25) is 15.9 Å². The molecule has 3 N–H and O–H groups in total. The maximum atomic E-state index is 12.3. The Bertz CT molecular complexity index is 415. The predicted molar refractivity (Wildman–Crippen MR) is 79.6 cm³/mol. The molecule has 1 heterocycles. The third kappa shape index (κ3) is 4.71. The zero-order valence-corrected chi connectivity index (χ0v) is 13.4. The highest BCUT2D eigenvalue weighted by molar-refractivity contribution is 7.89. The molecule has 0 aromatic heterocycles. The number of hydrogen-bond acceptors (Lipinski definition) is 4. The number of carbonyl (C=O) groups is 1. The number of amides is 1. The number of nitrogens with one attached hydrogen (secondary N) is 1. The summed E-state index contributed by atoms with van der Waals surface area (Å²) in [6.07, 6.45) is 1.33. The minimum atomic E-state index is -3.16. The van der Waals surface area contributed by atoms with Crippen LogP contribution in [0.25, 0.3) is 0 Å². The van der Waals surface area contributed by atoms with E-state index in [1.54, 1.807) is 6.92 Å². The van der Waals surface area contributed by atoms with Gasteiger partial charge in [-0.3, -0.25) is 4.79 Å². The van der Waals surface area contributed by atoms with Gasteiger partial charge in [-0.25, -0.2) is 13.1 Å². The normalized spacial score (nSPS) is 19.4. The summed E-state index contributed by atoms with van der Waals surface area (Å²) < 4.78 is 25.7. The fraction of sp³-hybridized carbons (Fsp3) is 0.923. The molecular formula is C13H27N3O3S. The van der Waals surface area contributed by atoms with Crippen molar-refractivity contribution in [3.05, 3.63) is 0 Å². The van der Waals surface area contributed by atoms with Crippen LogP contribution in [-0.2, 0) is 14.8 Å². The van der Waals surface area contributed by atoms with E-state index in [9.17, 15) is 13.2 Å².